The van der Waals surface area contributed by atoms with Gasteiger partial charge in [0, 0.05) is 12.0 Å². The maximum Gasteiger partial charge on any atom is 0.339 e. The van der Waals surface area contributed by atoms with Gasteiger partial charge in [0.15, 0.2) is 6.54 Å². The molecule has 1 aliphatic rings. The van der Waals surface area contributed by atoms with E-state index in [9.17, 15) is 9.59 Å². The molecule has 0 bridgehead atoms. The normalized spacial score (nSPS) is 16.2. The van der Waals surface area contributed by atoms with Gasteiger partial charge in [0.1, 0.15) is 11.9 Å². The third-order valence-corrected chi connectivity index (χ3v) is 4.51. The van der Waals surface area contributed by atoms with E-state index in [1.807, 2.05) is 63.6 Å². The molecule has 0 saturated heterocycles. The zero-order valence-corrected chi connectivity index (χ0v) is 17.1. The van der Waals surface area contributed by atoms with Crippen LogP contribution in [0.3, 0.4) is 0 Å². The van der Waals surface area contributed by atoms with Crippen molar-refractivity contribution in [1.82, 2.24) is 5.43 Å². The molecular formula is C22H26N3O4+. The number of methoxy groups -OCH3 is 1. The number of benzene rings is 2. The Hall–Kier alpha value is -3.19. The summed E-state index contributed by atoms with van der Waals surface area (Å²) in [6.45, 7) is 0.292. The maximum atomic E-state index is 12.2. The van der Waals surface area contributed by atoms with Gasteiger partial charge >= 0.3 is 5.97 Å². The van der Waals surface area contributed by atoms with Crippen molar-refractivity contribution in [3.8, 4) is 5.75 Å². The molecule has 1 amide bonds. The molecule has 2 aromatic carbocycles. The summed E-state index contributed by atoms with van der Waals surface area (Å²) in [5.41, 5.74) is 5.48. The minimum Gasteiger partial charge on any atom is -0.497 e. The fourth-order valence-electron chi connectivity index (χ4n) is 3.15. The van der Waals surface area contributed by atoms with Gasteiger partial charge in [0.2, 0.25) is 0 Å². The van der Waals surface area contributed by atoms with Crippen molar-refractivity contribution < 1.29 is 23.5 Å². The zero-order valence-electron chi connectivity index (χ0n) is 17.1. The molecule has 152 valence electrons. The molecule has 1 aliphatic heterocycles. The van der Waals surface area contributed by atoms with Gasteiger partial charge in [0.25, 0.3) is 5.91 Å². The van der Waals surface area contributed by atoms with Gasteiger partial charge in [-0.3, -0.25) is 4.79 Å². The number of hydrogen-bond acceptors (Lipinski definition) is 5. The van der Waals surface area contributed by atoms with E-state index in [1.165, 1.54) is 0 Å². The first-order valence-corrected chi connectivity index (χ1v) is 9.37. The quantitative estimate of drug-likeness (QED) is 0.338. The van der Waals surface area contributed by atoms with E-state index in [4.69, 9.17) is 9.47 Å². The number of fused-ring (bicyclic) bond motifs is 1. The molecule has 0 aliphatic carbocycles. The highest BCUT2D eigenvalue weighted by Crippen LogP contribution is 2.34. The Labute approximate surface area is 170 Å². The average molecular weight is 396 g/mol. The molecule has 7 nitrogen and oxygen atoms in total. The summed E-state index contributed by atoms with van der Waals surface area (Å²) in [6.07, 6.45) is -0.102. The van der Waals surface area contributed by atoms with Crippen molar-refractivity contribution in [2.24, 2.45) is 5.10 Å². The Morgan fingerprint density at radius 2 is 1.83 bits per heavy atom. The summed E-state index contributed by atoms with van der Waals surface area (Å²) >= 11 is 0. The van der Waals surface area contributed by atoms with E-state index < -0.39 is 6.10 Å². The molecule has 1 heterocycles. The smallest absolute Gasteiger partial charge is 0.339 e. The number of cyclic esters (lactones) is 1. The summed E-state index contributed by atoms with van der Waals surface area (Å²) in [5.74, 6) is 0.195. The number of rotatable bonds is 7. The molecule has 0 spiro atoms. The van der Waals surface area contributed by atoms with Crippen LogP contribution in [0.2, 0.25) is 0 Å². The summed E-state index contributed by atoms with van der Waals surface area (Å²) < 4.78 is 11.3. The molecule has 29 heavy (non-hydrogen) atoms. The highest BCUT2D eigenvalue weighted by Gasteiger charge is 2.31. The van der Waals surface area contributed by atoms with Crippen LogP contribution in [0.4, 0.5) is 0 Å². The molecule has 2 aromatic rings. The van der Waals surface area contributed by atoms with Gasteiger partial charge in [-0.2, -0.15) is 5.10 Å². The number of amides is 1. The van der Waals surface area contributed by atoms with Crippen LogP contribution in [-0.2, 0) is 9.53 Å². The summed E-state index contributed by atoms with van der Waals surface area (Å²) in [6, 6.07) is 14.7. The Kier molecular flexibility index (Phi) is 5.98. The van der Waals surface area contributed by atoms with Crippen LogP contribution in [0.5, 0.6) is 5.75 Å². The van der Waals surface area contributed by atoms with Crippen LogP contribution < -0.4 is 10.2 Å². The van der Waals surface area contributed by atoms with Gasteiger partial charge in [-0.05, 0) is 35.9 Å². The number of esters is 1. The topological polar surface area (TPSA) is 77.0 Å². The first-order chi connectivity index (χ1) is 13.8. The molecule has 0 aromatic heterocycles. The van der Waals surface area contributed by atoms with E-state index in [0.717, 1.165) is 16.9 Å². The van der Waals surface area contributed by atoms with E-state index >= 15 is 0 Å². The van der Waals surface area contributed by atoms with Gasteiger partial charge in [-0.1, -0.05) is 18.2 Å². The lowest BCUT2D eigenvalue weighted by Crippen LogP contribution is -2.43. The third kappa shape index (κ3) is 5.20. The highest BCUT2D eigenvalue weighted by atomic mass is 16.5. The first-order valence-electron chi connectivity index (χ1n) is 9.37. The monoisotopic (exact) mass is 396 g/mol. The van der Waals surface area contributed by atoms with Gasteiger partial charge < -0.3 is 14.0 Å². The lowest BCUT2D eigenvalue weighted by Gasteiger charge is -2.22. The van der Waals surface area contributed by atoms with Gasteiger partial charge in [-0.15, -0.1) is 0 Å². The molecule has 0 unspecified atom stereocenters. The Bertz CT molecular complexity index is 930. The number of nitrogens with one attached hydrogen (secondary N) is 1. The van der Waals surface area contributed by atoms with Crippen molar-refractivity contribution in [3.63, 3.8) is 0 Å². The number of quaternary nitrogens is 1. The largest absolute Gasteiger partial charge is 0.497 e. The molecule has 0 fully saturated rings. The van der Waals surface area contributed by atoms with E-state index in [1.54, 1.807) is 13.2 Å². The van der Waals surface area contributed by atoms with Gasteiger partial charge in [-0.25, -0.2) is 10.2 Å². The standard InChI is InChI=1S/C22H25N3O4/c1-25(2,3)14-21(26)24-23-19(15-9-11-16(28-4)12-10-15)13-20-17-7-5-6-8-18(17)22(27)29-20/h5-12,20H,13-14H2,1-4H3/p+1/b23-19+/t20-/m0/s1. The Balaban J connectivity index is 1.86. The van der Waals surface area contributed by atoms with Crippen LogP contribution >= 0.6 is 0 Å². The minimum atomic E-state index is -0.449. The van der Waals surface area contributed by atoms with Crippen LogP contribution in [0.25, 0.3) is 0 Å². The lowest BCUT2D eigenvalue weighted by atomic mass is 9.98. The summed E-state index contributed by atoms with van der Waals surface area (Å²) in [5, 5.41) is 4.37. The van der Waals surface area contributed by atoms with Gasteiger partial charge in [0.05, 0.1) is 39.5 Å². The third-order valence-electron chi connectivity index (χ3n) is 4.51. The molecule has 1 N–H and O–H groups in total. The second-order valence-corrected chi connectivity index (χ2v) is 7.96. The number of likely N-dealkylation sites (N-methyl/N-ethyl adjacent to an activating group) is 1. The molecule has 1 atom stereocenters. The Morgan fingerprint density at radius 1 is 1.14 bits per heavy atom. The maximum absolute atomic E-state index is 12.2. The predicted octanol–water partition coefficient (Wildman–Crippen LogP) is 2.52. The van der Waals surface area contributed by atoms with Crippen molar-refractivity contribution in [2.75, 3.05) is 34.8 Å². The number of hydrazone groups is 1. The molecule has 7 heteroatoms. The molecule has 0 radical (unpaired) electrons. The summed E-state index contributed by atoms with van der Waals surface area (Å²) in [7, 11) is 7.40. The summed E-state index contributed by atoms with van der Waals surface area (Å²) in [4.78, 5) is 24.4. The fourth-order valence-corrected chi connectivity index (χ4v) is 3.15. The van der Waals surface area contributed by atoms with Crippen molar-refractivity contribution in [3.05, 3.63) is 65.2 Å². The highest BCUT2D eigenvalue weighted by molar-refractivity contribution is 6.02. The Morgan fingerprint density at radius 3 is 2.48 bits per heavy atom. The van der Waals surface area contributed by atoms with Crippen molar-refractivity contribution in [1.29, 1.82) is 0 Å². The minimum absolute atomic E-state index is 0.188. The first kappa shape index (κ1) is 20.5. The van der Waals surface area contributed by atoms with E-state index in [0.29, 0.717) is 28.7 Å². The fraction of sp³-hybridized carbons (Fsp3) is 0.318. The number of ether oxygens (including phenoxy) is 2. The van der Waals surface area contributed by atoms with Crippen LogP contribution in [0.1, 0.15) is 34.0 Å². The molecule has 0 saturated carbocycles. The number of hydrogen-bond donors (Lipinski definition) is 1. The second kappa shape index (κ2) is 8.45. The predicted molar refractivity (Wildman–Crippen MR) is 110 cm³/mol. The number of carbonyl (C=O) groups is 2. The van der Waals surface area contributed by atoms with Crippen molar-refractivity contribution in [2.45, 2.75) is 12.5 Å². The van der Waals surface area contributed by atoms with Crippen molar-refractivity contribution >= 4 is 17.6 Å². The average Bonchev–Trinajstić information content (AvgIpc) is 3.00. The van der Waals surface area contributed by atoms with E-state index in [-0.39, 0.29) is 11.9 Å². The lowest BCUT2D eigenvalue weighted by molar-refractivity contribution is -0.862. The second-order valence-electron chi connectivity index (χ2n) is 7.96. The number of nitrogens with zero attached hydrogens (tertiary/aromatic N) is 2. The van der Waals surface area contributed by atoms with Crippen LogP contribution in [-0.4, -0.2) is 56.9 Å². The van der Waals surface area contributed by atoms with Crippen LogP contribution in [0.15, 0.2) is 53.6 Å². The van der Waals surface area contributed by atoms with Crippen LogP contribution in [0, 0.1) is 0 Å². The molecule has 3 rings (SSSR count). The molecular weight excluding hydrogens is 370 g/mol. The van der Waals surface area contributed by atoms with E-state index in [2.05, 4.69) is 10.5 Å². The SMILES string of the molecule is COc1ccc(/C(C[C@@H]2OC(=O)c3ccccc32)=N/NC(=O)C[N+](C)(C)C)cc1. The number of carbonyl (C=O) groups excluding carboxylic acids is 2. The zero-order chi connectivity index (χ0) is 21.0.